The Labute approximate surface area is 140 Å². The van der Waals surface area contributed by atoms with Crippen molar-refractivity contribution in [1.82, 2.24) is 9.38 Å². The van der Waals surface area contributed by atoms with Crippen LogP contribution in [0.4, 0.5) is 5.69 Å². The second-order valence-electron chi connectivity index (χ2n) is 6.02. The Morgan fingerprint density at radius 3 is 2.92 bits per heavy atom. The molecule has 4 rings (SSSR count). The number of carbonyl (C=O) groups excluding carboxylic acids is 1. The molecule has 1 saturated heterocycles. The predicted octanol–water partition coefficient (Wildman–Crippen LogP) is 3.16. The van der Waals surface area contributed by atoms with Gasteiger partial charge >= 0.3 is 0 Å². The SMILES string of the molecule is O=C(c1cc2ccccn2c1)N(CC1CCCO1)c1ccncc1. The Balaban J connectivity index is 1.67. The largest absolute Gasteiger partial charge is 0.376 e. The van der Waals surface area contributed by atoms with Gasteiger partial charge in [0, 0.05) is 42.6 Å². The van der Waals surface area contributed by atoms with Gasteiger partial charge < -0.3 is 14.0 Å². The highest BCUT2D eigenvalue weighted by Crippen LogP contribution is 2.22. The van der Waals surface area contributed by atoms with E-state index in [-0.39, 0.29) is 12.0 Å². The number of hydrogen-bond acceptors (Lipinski definition) is 3. The third-order valence-corrected chi connectivity index (χ3v) is 4.38. The van der Waals surface area contributed by atoms with Gasteiger partial charge in [0.25, 0.3) is 5.91 Å². The summed E-state index contributed by atoms with van der Waals surface area (Å²) in [5, 5.41) is 0. The van der Waals surface area contributed by atoms with E-state index >= 15 is 0 Å². The molecule has 0 saturated carbocycles. The third-order valence-electron chi connectivity index (χ3n) is 4.38. The van der Waals surface area contributed by atoms with Crippen molar-refractivity contribution in [3.8, 4) is 0 Å². The summed E-state index contributed by atoms with van der Waals surface area (Å²) in [6, 6.07) is 11.6. The fraction of sp³-hybridized carbons (Fsp3) is 0.263. The molecular weight excluding hydrogens is 302 g/mol. The number of pyridine rings is 2. The monoisotopic (exact) mass is 321 g/mol. The Morgan fingerprint density at radius 1 is 1.29 bits per heavy atom. The second kappa shape index (κ2) is 6.45. The molecule has 1 aliphatic heterocycles. The zero-order valence-electron chi connectivity index (χ0n) is 13.3. The Hall–Kier alpha value is -2.66. The highest BCUT2D eigenvalue weighted by molar-refractivity contribution is 6.06. The van der Waals surface area contributed by atoms with Crippen LogP contribution in [0.25, 0.3) is 5.52 Å². The van der Waals surface area contributed by atoms with Crippen molar-refractivity contribution >= 4 is 17.1 Å². The van der Waals surface area contributed by atoms with Gasteiger partial charge in [-0.05, 0) is 43.2 Å². The first-order valence-corrected chi connectivity index (χ1v) is 8.21. The molecule has 1 atom stereocenters. The van der Waals surface area contributed by atoms with Crippen molar-refractivity contribution in [1.29, 1.82) is 0 Å². The van der Waals surface area contributed by atoms with Gasteiger partial charge in [0.2, 0.25) is 0 Å². The maximum atomic E-state index is 13.1. The van der Waals surface area contributed by atoms with E-state index in [0.29, 0.717) is 12.1 Å². The molecule has 0 spiro atoms. The van der Waals surface area contributed by atoms with E-state index in [2.05, 4.69) is 4.98 Å². The highest BCUT2D eigenvalue weighted by atomic mass is 16.5. The van der Waals surface area contributed by atoms with Gasteiger partial charge in [-0.2, -0.15) is 0 Å². The topological polar surface area (TPSA) is 46.8 Å². The van der Waals surface area contributed by atoms with Crippen LogP contribution in [0.2, 0.25) is 0 Å². The van der Waals surface area contributed by atoms with Crippen molar-refractivity contribution in [2.75, 3.05) is 18.1 Å². The smallest absolute Gasteiger partial charge is 0.259 e. The molecule has 1 amide bonds. The molecule has 0 aliphatic carbocycles. The standard InChI is InChI=1S/C19H19N3O2/c23-19(15-12-17-4-1-2-10-21(17)13-15)22(14-18-5-3-11-24-18)16-6-8-20-9-7-16/h1-2,4,6-10,12-13,18H,3,5,11,14H2. The summed E-state index contributed by atoms with van der Waals surface area (Å²) in [4.78, 5) is 19.0. The van der Waals surface area contributed by atoms with Gasteiger partial charge in [-0.15, -0.1) is 0 Å². The highest BCUT2D eigenvalue weighted by Gasteiger charge is 2.25. The zero-order chi connectivity index (χ0) is 16.4. The number of ether oxygens (including phenoxy) is 1. The second-order valence-corrected chi connectivity index (χ2v) is 6.02. The molecule has 0 N–H and O–H groups in total. The summed E-state index contributed by atoms with van der Waals surface area (Å²) < 4.78 is 7.70. The van der Waals surface area contributed by atoms with Crippen molar-refractivity contribution in [2.24, 2.45) is 0 Å². The maximum Gasteiger partial charge on any atom is 0.259 e. The number of amides is 1. The molecule has 5 heteroatoms. The fourth-order valence-corrected chi connectivity index (χ4v) is 3.15. The molecule has 0 bridgehead atoms. The van der Waals surface area contributed by atoms with Gasteiger partial charge in [-0.25, -0.2) is 0 Å². The van der Waals surface area contributed by atoms with Crippen LogP contribution in [0.1, 0.15) is 23.2 Å². The Bertz CT molecular complexity index is 805. The lowest BCUT2D eigenvalue weighted by Gasteiger charge is -2.25. The van der Waals surface area contributed by atoms with Gasteiger partial charge in [0.15, 0.2) is 0 Å². The number of hydrogen-bond donors (Lipinski definition) is 0. The summed E-state index contributed by atoms with van der Waals surface area (Å²) in [5.74, 6) is -0.0135. The van der Waals surface area contributed by atoms with E-state index < -0.39 is 0 Å². The lowest BCUT2D eigenvalue weighted by Crippen LogP contribution is -2.37. The predicted molar refractivity (Wildman–Crippen MR) is 92.3 cm³/mol. The summed E-state index contributed by atoms with van der Waals surface area (Å²) in [7, 11) is 0. The number of carbonyl (C=O) groups is 1. The number of rotatable bonds is 4. The molecule has 24 heavy (non-hydrogen) atoms. The molecule has 1 unspecified atom stereocenters. The van der Waals surface area contributed by atoms with Crippen molar-refractivity contribution in [3.05, 3.63) is 66.7 Å². The van der Waals surface area contributed by atoms with Crippen LogP contribution >= 0.6 is 0 Å². The lowest BCUT2D eigenvalue weighted by atomic mass is 10.2. The number of fused-ring (bicyclic) bond motifs is 1. The molecule has 3 aromatic rings. The summed E-state index contributed by atoms with van der Waals surface area (Å²) in [6.07, 6.45) is 9.39. The molecule has 4 heterocycles. The van der Waals surface area contributed by atoms with Gasteiger partial charge in [0.05, 0.1) is 18.2 Å². The molecule has 0 aromatic carbocycles. The minimum absolute atomic E-state index is 0.0135. The molecule has 122 valence electrons. The van der Waals surface area contributed by atoms with Crippen LogP contribution < -0.4 is 4.90 Å². The first-order chi connectivity index (χ1) is 11.8. The lowest BCUT2D eigenvalue weighted by molar-refractivity contribution is 0.0917. The summed E-state index contributed by atoms with van der Waals surface area (Å²) in [5.41, 5.74) is 2.53. The van der Waals surface area contributed by atoms with Crippen molar-refractivity contribution in [2.45, 2.75) is 18.9 Å². The molecule has 0 radical (unpaired) electrons. The van der Waals surface area contributed by atoms with Crippen LogP contribution in [-0.4, -0.2) is 34.5 Å². The van der Waals surface area contributed by atoms with E-state index in [1.807, 2.05) is 53.2 Å². The fourth-order valence-electron chi connectivity index (χ4n) is 3.15. The first kappa shape index (κ1) is 14.9. The van der Waals surface area contributed by atoms with E-state index in [1.54, 1.807) is 17.3 Å². The quantitative estimate of drug-likeness (QED) is 0.741. The maximum absolute atomic E-state index is 13.1. The zero-order valence-corrected chi connectivity index (χ0v) is 13.3. The van der Waals surface area contributed by atoms with Gasteiger partial charge in [0.1, 0.15) is 0 Å². The number of anilines is 1. The first-order valence-electron chi connectivity index (χ1n) is 8.21. The van der Waals surface area contributed by atoms with Crippen LogP contribution in [0.3, 0.4) is 0 Å². The Kier molecular flexibility index (Phi) is 4.01. The van der Waals surface area contributed by atoms with E-state index in [4.69, 9.17) is 4.74 Å². The van der Waals surface area contributed by atoms with Gasteiger partial charge in [-0.3, -0.25) is 9.78 Å². The van der Waals surface area contributed by atoms with Crippen LogP contribution in [0.15, 0.2) is 61.2 Å². The molecule has 5 nitrogen and oxygen atoms in total. The third kappa shape index (κ3) is 2.90. The van der Waals surface area contributed by atoms with Crippen molar-refractivity contribution in [3.63, 3.8) is 0 Å². The molecule has 1 aliphatic rings. The summed E-state index contributed by atoms with van der Waals surface area (Å²) >= 11 is 0. The van der Waals surface area contributed by atoms with E-state index in [0.717, 1.165) is 30.7 Å². The van der Waals surface area contributed by atoms with Crippen LogP contribution in [-0.2, 0) is 4.74 Å². The van der Waals surface area contributed by atoms with Crippen LogP contribution in [0.5, 0.6) is 0 Å². The minimum Gasteiger partial charge on any atom is -0.376 e. The molecule has 3 aromatic heterocycles. The normalized spacial score (nSPS) is 17.2. The average Bonchev–Trinajstić information content (AvgIpc) is 3.29. The minimum atomic E-state index is -0.0135. The average molecular weight is 321 g/mol. The van der Waals surface area contributed by atoms with Crippen molar-refractivity contribution < 1.29 is 9.53 Å². The number of aromatic nitrogens is 2. The van der Waals surface area contributed by atoms with Gasteiger partial charge in [-0.1, -0.05) is 6.07 Å². The van der Waals surface area contributed by atoms with E-state index in [1.165, 1.54) is 0 Å². The van der Waals surface area contributed by atoms with E-state index in [9.17, 15) is 4.79 Å². The molecular formula is C19H19N3O2. The van der Waals surface area contributed by atoms with Crippen LogP contribution in [0, 0.1) is 0 Å². The summed E-state index contributed by atoms with van der Waals surface area (Å²) in [6.45, 7) is 1.34. The molecule has 1 fully saturated rings. The Morgan fingerprint density at radius 2 is 2.17 bits per heavy atom. The number of nitrogens with zero attached hydrogens (tertiary/aromatic N) is 3.